The van der Waals surface area contributed by atoms with Gasteiger partial charge in [-0.2, -0.15) is 5.26 Å². The van der Waals surface area contributed by atoms with Gasteiger partial charge in [-0.3, -0.25) is 5.84 Å². The summed E-state index contributed by atoms with van der Waals surface area (Å²) in [6.45, 7) is 0.873. The van der Waals surface area contributed by atoms with Crippen molar-refractivity contribution in [1.82, 2.24) is 5.01 Å². The van der Waals surface area contributed by atoms with E-state index in [0.717, 1.165) is 19.4 Å². The van der Waals surface area contributed by atoms with Gasteiger partial charge in [0.15, 0.2) is 0 Å². The van der Waals surface area contributed by atoms with E-state index in [1.54, 1.807) is 5.01 Å². The highest BCUT2D eigenvalue weighted by Crippen LogP contribution is 2.10. The van der Waals surface area contributed by atoms with Crippen molar-refractivity contribution in [2.75, 3.05) is 6.54 Å². The molecule has 0 bridgehead atoms. The van der Waals surface area contributed by atoms with Gasteiger partial charge >= 0.3 is 0 Å². The zero-order valence-corrected chi connectivity index (χ0v) is 4.67. The molecule has 2 N–H and O–H groups in total. The third-order valence-electron chi connectivity index (χ3n) is 1.44. The van der Waals surface area contributed by atoms with Crippen molar-refractivity contribution >= 4 is 0 Å². The minimum atomic E-state index is -0.0185. The standard InChI is InChI=1S/C5H9N3/c6-4-5-2-1-3-8(5)7/h5H,1-3,7H2/t5-/m0/s1. The Bertz CT molecular complexity index is 115. The smallest absolute Gasteiger partial charge is 0.111 e. The molecule has 1 aliphatic rings. The molecule has 1 heterocycles. The van der Waals surface area contributed by atoms with E-state index < -0.39 is 0 Å². The van der Waals surface area contributed by atoms with Crippen LogP contribution in [0, 0.1) is 11.3 Å². The molecule has 3 nitrogen and oxygen atoms in total. The summed E-state index contributed by atoms with van der Waals surface area (Å²) in [4.78, 5) is 0. The molecule has 1 rings (SSSR count). The summed E-state index contributed by atoms with van der Waals surface area (Å²) in [6.07, 6.45) is 2.00. The molecule has 0 aromatic heterocycles. The molecule has 0 aliphatic carbocycles. The summed E-state index contributed by atoms with van der Waals surface area (Å²) in [5.41, 5.74) is 0. The minimum absolute atomic E-state index is 0.0185. The lowest BCUT2D eigenvalue weighted by atomic mass is 10.2. The van der Waals surface area contributed by atoms with Gasteiger partial charge in [0.2, 0.25) is 0 Å². The molecule has 1 aliphatic heterocycles. The van der Waals surface area contributed by atoms with Crippen LogP contribution in [0.1, 0.15) is 12.8 Å². The molecule has 8 heavy (non-hydrogen) atoms. The first kappa shape index (κ1) is 5.54. The molecular formula is C5H9N3. The van der Waals surface area contributed by atoms with Crippen LogP contribution >= 0.6 is 0 Å². The lowest BCUT2D eigenvalue weighted by Gasteiger charge is -2.09. The summed E-state index contributed by atoms with van der Waals surface area (Å²) in [5, 5.41) is 9.96. The SMILES string of the molecule is N#C[C@@H]1CCCN1N. The van der Waals surface area contributed by atoms with E-state index in [1.165, 1.54) is 0 Å². The Kier molecular flexibility index (Phi) is 1.47. The summed E-state index contributed by atoms with van der Waals surface area (Å²) in [6, 6.07) is 2.10. The Balaban J connectivity index is 2.45. The molecule has 1 fully saturated rings. The van der Waals surface area contributed by atoms with Crippen molar-refractivity contribution in [3.05, 3.63) is 0 Å². The van der Waals surface area contributed by atoms with Gasteiger partial charge in [-0.25, -0.2) is 5.01 Å². The predicted molar refractivity (Wildman–Crippen MR) is 29.5 cm³/mol. The molecule has 0 radical (unpaired) electrons. The van der Waals surface area contributed by atoms with Crippen LogP contribution in [0.3, 0.4) is 0 Å². The van der Waals surface area contributed by atoms with E-state index >= 15 is 0 Å². The fourth-order valence-corrected chi connectivity index (χ4v) is 0.928. The third-order valence-corrected chi connectivity index (χ3v) is 1.44. The van der Waals surface area contributed by atoms with Gasteiger partial charge in [-0.05, 0) is 12.8 Å². The van der Waals surface area contributed by atoms with Gasteiger partial charge in [0.05, 0.1) is 6.07 Å². The van der Waals surface area contributed by atoms with Crippen LogP contribution in [0.2, 0.25) is 0 Å². The zero-order chi connectivity index (χ0) is 5.98. The third kappa shape index (κ3) is 0.808. The Labute approximate surface area is 48.7 Å². The van der Waals surface area contributed by atoms with Crippen LogP contribution in [-0.4, -0.2) is 17.6 Å². The molecule has 3 heteroatoms. The Morgan fingerprint density at radius 3 is 2.75 bits per heavy atom. The number of rotatable bonds is 0. The van der Waals surface area contributed by atoms with Crippen molar-refractivity contribution in [3.8, 4) is 6.07 Å². The van der Waals surface area contributed by atoms with Gasteiger partial charge in [0.1, 0.15) is 6.04 Å². The van der Waals surface area contributed by atoms with E-state index in [9.17, 15) is 0 Å². The molecule has 0 spiro atoms. The normalized spacial score (nSPS) is 30.2. The van der Waals surface area contributed by atoms with Crippen LogP contribution in [-0.2, 0) is 0 Å². The first-order valence-electron chi connectivity index (χ1n) is 2.75. The molecule has 0 aromatic carbocycles. The second kappa shape index (κ2) is 2.12. The van der Waals surface area contributed by atoms with Crippen LogP contribution in [0.25, 0.3) is 0 Å². The molecule has 0 saturated carbocycles. The number of hydrogen-bond donors (Lipinski definition) is 1. The summed E-state index contributed by atoms with van der Waals surface area (Å²) in [5.74, 6) is 5.40. The van der Waals surface area contributed by atoms with Crippen molar-refractivity contribution in [2.24, 2.45) is 5.84 Å². The highest BCUT2D eigenvalue weighted by molar-refractivity contribution is 4.93. The summed E-state index contributed by atoms with van der Waals surface area (Å²) >= 11 is 0. The number of nitrogens with two attached hydrogens (primary N) is 1. The van der Waals surface area contributed by atoms with Crippen molar-refractivity contribution < 1.29 is 0 Å². The second-order valence-corrected chi connectivity index (χ2v) is 2.02. The van der Waals surface area contributed by atoms with Crippen molar-refractivity contribution in [2.45, 2.75) is 18.9 Å². The van der Waals surface area contributed by atoms with E-state index in [4.69, 9.17) is 11.1 Å². The van der Waals surface area contributed by atoms with E-state index in [-0.39, 0.29) is 6.04 Å². The van der Waals surface area contributed by atoms with E-state index in [1.807, 2.05) is 0 Å². The molecule has 0 aromatic rings. The number of hydrogen-bond acceptors (Lipinski definition) is 3. The predicted octanol–water partition coefficient (Wildman–Crippen LogP) is -0.152. The average Bonchev–Trinajstić information content (AvgIpc) is 2.14. The highest BCUT2D eigenvalue weighted by atomic mass is 15.4. The van der Waals surface area contributed by atoms with Gasteiger partial charge < -0.3 is 0 Å². The van der Waals surface area contributed by atoms with Crippen LogP contribution in [0.4, 0.5) is 0 Å². The van der Waals surface area contributed by atoms with Crippen molar-refractivity contribution in [3.63, 3.8) is 0 Å². The Morgan fingerprint density at radius 1 is 1.75 bits per heavy atom. The molecule has 44 valence electrons. The molecule has 0 amide bonds. The fourth-order valence-electron chi connectivity index (χ4n) is 0.928. The molecular weight excluding hydrogens is 102 g/mol. The van der Waals surface area contributed by atoms with E-state index in [2.05, 4.69) is 6.07 Å². The molecule has 1 atom stereocenters. The minimum Gasteiger partial charge on any atom is -0.268 e. The van der Waals surface area contributed by atoms with Crippen LogP contribution in [0.5, 0.6) is 0 Å². The van der Waals surface area contributed by atoms with Gasteiger partial charge in [0, 0.05) is 6.54 Å². The summed E-state index contributed by atoms with van der Waals surface area (Å²) < 4.78 is 0. The maximum Gasteiger partial charge on any atom is 0.111 e. The monoisotopic (exact) mass is 111 g/mol. The summed E-state index contributed by atoms with van der Waals surface area (Å²) in [7, 11) is 0. The van der Waals surface area contributed by atoms with E-state index in [0.29, 0.717) is 0 Å². The Hall–Kier alpha value is -0.590. The molecule has 1 saturated heterocycles. The van der Waals surface area contributed by atoms with Crippen LogP contribution in [0.15, 0.2) is 0 Å². The van der Waals surface area contributed by atoms with Crippen molar-refractivity contribution in [1.29, 1.82) is 5.26 Å². The second-order valence-electron chi connectivity index (χ2n) is 2.02. The van der Waals surface area contributed by atoms with Crippen LogP contribution < -0.4 is 5.84 Å². The van der Waals surface area contributed by atoms with Gasteiger partial charge in [-0.1, -0.05) is 0 Å². The topological polar surface area (TPSA) is 53.0 Å². The Morgan fingerprint density at radius 2 is 2.50 bits per heavy atom. The molecule has 0 unspecified atom stereocenters. The lowest BCUT2D eigenvalue weighted by Crippen LogP contribution is -2.34. The number of nitriles is 1. The first-order valence-corrected chi connectivity index (χ1v) is 2.75. The first-order chi connectivity index (χ1) is 3.84. The average molecular weight is 111 g/mol. The van der Waals surface area contributed by atoms with Gasteiger partial charge in [-0.15, -0.1) is 0 Å². The largest absolute Gasteiger partial charge is 0.268 e. The highest BCUT2D eigenvalue weighted by Gasteiger charge is 2.19. The van der Waals surface area contributed by atoms with Gasteiger partial charge in [0.25, 0.3) is 0 Å². The maximum absolute atomic E-state index is 8.36. The number of nitrogens with zero attached hydrogens (tertiary/aromatic N) is 2. The zero-order valence-electron chi connectivity index (χ0n) is 4.67. The maximum atomic E-state index is 8.36. The number of hydrazine groups is 1. The lowest BCUT2D eigenvalue weighted by molar-refractivity contribution is 0.307. The fraction of sp³-hybridized carbons (Fsp3) is 0.800. The quantitative estimate of drug-likeness (QED) is 0.442.